The van der Waals surface area contributed by atoms with E-state index >= 15 is 0 Å². The Morgan fingerprint density at radius 3 is 2.05 bits per heavy atom. The predicted molar refractivity (Wildman–Crippen MR) is 143 cm³/mol. The van der Waals surface area contributed by atoms with Gasteiger partial charge in [0.15, 0.2) is 6.29 Å². The number of halogens is 2. The van der Waals surface area contributed by atoms with Crippen molar-refractivity contribution in [3.8, 4) is 22.8 Å². The standard InChI is InChI=1S/C25H20Cl2N6O4/c1-36-20-7-16(8-21(37-2)18(20)13-34)29-24-12-28-11-19(32-24)14-3-5-15(6-4-14)30-25(35)31-17-9-22(26)33-23(27)10-17/h3-13H,1-2H3,(H,29,32)(H2,30,31,33,35). The fourth-order valence-corrected chi connectivity index (χ4v) is 3.86. The minimum absolute atomic E-state index is 0.168. The van der Waals surface area contributed by atoms with Crippen molar-refractivity contribution in [2.24, 2.45) is 0 Å². The Hall–Kier alpha value is -4.41. The summed E-state index contributed by atoms with van der Waals surface area (Å²) in [5.41, 5.74) is 3.27. The van der Waals surface area contributed by atoms with Crippen molar-refractivity contribution in [1.29, 1.82) is 0 Å². The van der Waals surface area contributed by atoms with Crippen LogP contribution in [0.15, 0.2) is 60.9 Å². The molecule has 188 valence electrons. The average Bonchev–Trinajstić information content (AvgIpc) is 2.88. The summed E-state index contributed by atoms with van der Waals surface area (Å²) < 4.78 is 10.6. The summed E-state index contributed by atoms with van der Waals surface area (Å²) in [6.07, 6.45) is 3.86. The fraction of sp³-hybridized carbons (Fsp3) is 0.0800. The number of hydrogen-bond acceptors (Lipinski definition) is 8. The number of methoxy groups -OCH3 is 2. The van der Waals surface area contributed by atoms with Crippen LogP contribution in [0.4, 0.5) is 27.7 Å². The van der Waals surface area contributed by atoms with Crippen LogP contribution in [0.3, 0.4) is 0 Å². The van der Waals surface area contributed by atoms with Gasteiger partial charge in [-0.25, -0.2) is 14.8 Å². The Labute approximate surface area is 222 Å². The molecule has 0 aliphatic rings. The van der Waals surface area contributed by atoms with E-state index in [0.717, 1.165) is 5.56 Å². The lowest BCUT2D eigenvalue weighted by atomic mass is 10.1. The van der Waals surface area contributed by atoms with E-state index in [1.807, 2.05) is 0 Å². The molecule has 3 N–H and O–H groups in total. The molecule has 0 saturated carbocycles. The summed E-state index contributed by atoms with van der Waals surface area (Å²) >= 11 is 11.7. The molecular weight excluding hydrogens is 519 g/mol. The summed E-state index contributed by atoms with van der Waals surface area (Å²) in [5, 5.41) is 8.86. The van der Waals surface area contributed by atoms with Gasteiger partial charge in [-0.2, -0.15) is 0 Å². The van der Waals surface area contributed by atoms with Crippen LogP contribution in [0.5, 0.6) is 11.5 Å². The Morgan fingerprint density at radius 1 is 0.838 bits per heavy atom. The van der Waals surface area contributed by atoms with Crippen molar-refractivity contribution in [3.05, 3.63) is 76.8 Å². The Bertz CT molecular complexity index is 1400. The molecule has 2 aromatic heterocycles. The molecule has 2 amide bonds. The molecule has 0 bridgehead atoms. The van der Waals surface area contributed by atoms with Crippen LogP contribution in [0.1, 0.15) is 10.4 Å². The van der Waals surface area contributed by atoms with E-state index in [1.165, 1.54) is 26.4 Å². The van der Waals surface area contributed by atoms with Gasteiger partial charge < -0.3 is 25.4 Å². The SMILES string of the molecule is COc1cc(Nc2cncc(-c3ccc(NC(=O)Nc4cc(Cl)nc(Cl)c4)cc3)n2)cc(OC)c1C=O. The number of hydrogen-bond donors (Lipinski definition) is 3. The molecule has 0 fully saturated rings. The van der Waals surface area contributed by atoms with Crippen molar-refractivity contribution >= 4 is 58.4 Å². The summed E-state index contributed by atoms with van der Waals surface area (Å²) in [6.45, 7) is 0. The molecule has 10 nitrogen and oxygen atoms in total. The van der Waals surface area contributed by atoms with Crippen LogP contribution < -0.4 is 25.4 Å². The van der Waals surface area contributed by atoms with Crippen LogP contribution in [0, 0.1) is 0 Å². The molecule has 12 heteroatoms. The lowest BCUT2D eigenvalue weighted by Gasteiger charge is -2.13. The highest BCUT2D eigenvalue weighted by Crippen LogP contribution is 2.33. The number of anilines is 4. The maximum atomic E-state index is 12.3. The van der Waals surface area contributed by atoms with Gasteiger partial charge in [0.25, 0.3) is 0 Å². The number of benzene rings is 2. The van der Waals surface area contributed by atoms with Gasteiger partial charge in [0.05, 0.1) is 37.9 Å². The highest BCUT2D eigenvalue weighted by Gasteiger charge is 2.13. The number of pyridine rings is 1. The van der Waals surface area contributed by atoms with Gasteiger partial charge in [0.2, 0.25) is 0 Å². The number of aromatic nitrogens is 3. The van der Waals surface area contributed by atoms with E-state index in [-0.39, 0.29) is 10.3 Å². The summed E-state index contributed by atoms with van der Waals surface area (Å²) in [5.74, 6) is 1.20. The molecule has 4 rings (SSSR count). The molecule has 0 saturated heterocycles. The number of urea groups is 1. The first-order chi connectivity index (χ1) is 17.9. The molecule has 2 aromatic carbocycles. The number of amides is 2. The third-order valence-corrected chi connectivity index (χ3v) is 5.42. The molecule has 0 atom stereocenters. The van der Waals surface area contributed by atoms with Crippen molar-refractivity contribution in [3.63, 3.8) is 0 Å². The van der Waals surface area contributed by atoms with Crippen LogP contribution in [-0.4, -0.2) is 41.5 Å². The lowest BCUT2D eigenvalue weighted by molar-refractivity contribution is 0.111. The third-order valence-electron chi connectivity index (χ3n) is 5.03. The van der Waals surface area contributed by atoms with Gasteiger partial charge in [0, 0.05) is 34.8 Å². The van der Waals surface area contributed by atoms with Crippen LogP contribution >= 0.6 is 23.2 Å². The number of rotatable bonds is 8. The van der Waals surface area contributed by atoms with E-state index in [9.17, 15) is 9.59 Å². The Kier molecular flexibility index (Phi) is 8.02. The van der Waals surface area contributed by atoms with E-state index in [2.05, 4.69) is 30.9 Å². The molecule has 0 unspecified atom stereocenters. The molecule has 37 heavy (non-hydrogen) atoms. The zero-order chi connectivity index (χ0) is 26.4. The smallest absolute Gasteiger partial charge is 0.323 e. The van der Waals surface area contributed by atoms with Gasteiger partial charge in [-0.05, 0) is 24.3 Å². The normalized spacial score (nSPS) is 10.4. The third kappa shape index (κ3) is 6.43. The molecule has 0 radical (unpaired) electrons. The highest BCUT2D eigenvalue weighted by atomic mass is 35.5. The fourth-order valence-electron chi connectivity index (χ4n) is 3.40. The molecule has 0 spiro atoms. The Morgan fingerprint density at radius 2 is 1.46 bits per heavy atom. The van der Waals surface area contributed by atoms with E-state index in [4.69, 9.17) is 32.7 Å². The second-order valence-electron chi connectivity index (χ2n) is 7.48. The van der Waals surface area contributed by atoms with E-state index in [0.29, 0.717) is 51.9 Å². The molecular formula is C25H20Cl2N6O4. The van der Waals surface area contributed by atoms with Crippen molar-refractivity contribution < 1.29 is 19.1 Å². The topological polar surface area (TPSA) is 127 Å². The lowest BCUT2D eigenvalue weighted by Crippen LogP contribution is -2.19. The van der Waals surface area contributed by atoms with Gasteiger partial charge in [-0.3, -0.25) is 9.78 Å². The zero-order valence-corrected chi connectivity index (χ0v) is 21.1. The monoisotopic (exact) mass is 538 g/mol. The van der Waals surface area contributed by atoms with Gasteiger partial charge in [-0.15, -0.1) is 0 Å². The predicted octanol–water partition coefficient (Wildman–Crippen LogP) is 6.06. The molecule has 0 aliphatic heterocycles. The summed E-state index contributed by atoms with van der Waals surface area (Å²) in [6, 6.07) is 12.9. The van der Waals surface area contributed by atoms with Crippen molar-refractivity contribution in [2.45, 2.75) is 0 Å². The van der Waals surface area contributed by atoms with Crippen molar-refractivity contribution in [2.75, 3.05) is 30.2 Å². The first-order valence-electron chi connectivity index (χ1n) is 10.7. The molecule has 4 aromatic rings. The molecule has 0 aliphatic carbocycles. The highest BCUT2D eigenvalue weighted by molar-refractivity contribution is 6.33. The number of nitrogens with zero attached hydrogens (tertiary/aromatic N) is 3. The second kappa shape index (κ2) is 11.5. The quantitative estimate of drug-likeness (QED) is 0.182. The van der Waals surface area contributed by atoms with Crippen molar-refractivity contribution in [1.82, 2.24) is 15.0 Å². The first kappa shape index (κ1) is 25.7. The maximum absolute atomic E-state index is 12.3. The van der Waals surface area contributed by atoms with Gasteiger partial charge in [0.1, 0.15) is 27.6 Å². The number of ether oxygens (including phenoxy) is 2. The zero-order valence-electron chi connectivity index (χ0n) is 19.6. The molecule has 2 heterocycles. The maximum Gasteiger partial charge on any atom is 0.323 e. The Balaban J connectivity index is 1.46. The number of carbonyl (C=O) groups excluding carboxylic acids is 2. The minimum Gasteiger partial charge on any atom is -0.496 e. The van der Waals surface area contributed by atoms with Gasteiger partial charge >= 0.3 is 6.03 Å². The van der Waals surface area contributed by atoms with E-state index < -0.39 is 6.03 Å². The summed E-state index contributed by atoms with van der Waals surface area (Å²) in [4.78, 5) is 36.4. The van der Waals surface area contributed by atoms with Crippen LogP contribution in [-0.2, 0) is 0 Å². The largest absolute Gasteiger partial charge is 0.496 e. The average molecular weight is 539 g/mol. The number of carbonyl (C=O) groups is 2. The number of nitrogens with one attached hydrogen (secondary N) is 3. The van der Waals surface area contributed by atoms with Crippen LogP contribution in [0.25, 0.3) is 11.3 Å². The van der Waals surface area contributed by atoms with Gasteiger partial charge in [-0.1, -0.05) is 35.3 Å². The van der Waals surface area contributed by atoms with E-state index in [1.54, 1.807) is 48.8 Å². The minimum atomic E-state index is -0.469. The summed E-state index contributed by atoms with van der Waals surface area (Å²) in [7, 11) is 2.94. The first-order valence-corrected chi connectivity index (χ1v) is 11.5. The number of aldehydes is 1. The van der Waals surface area contributed by atoms with Crippen LogP contribution in [0.2, 0.25) is 10.3 Å². The second-order valence-corrected chi connectivity index (χ2v) is 8.26.